The van der Waals surface area contributed by atoms with E-state index in [2.05, 4.69) is 20.6 Å². The summed E-state index contributed by atoms with van der Waals surface area (Å²) in [5.74, 6) is -0.749. The maximum atomic E-state index is 11.2. The fraction of sp³-hybridized carbons (Fsp3) is 0.800. The molecule has 23 heavy (non-hydrogen) atoms. The number of rotatable bonds is 0. The molecule has 13 heteroatoms. The minimum absolute atomic E-state index is 0. The standard InChI is InChI=1S/C10H20N4O2.Ni.6H2O/c15-9-8-10(16)14-7-5-12-3-1-2-11-4-6-13-9;;;;;;;/h11-12H,1-8H2,(H,13,15)(H,14,16);;6*1H2/q;+2;;;;;;/p-2. The molecule has 0 aromatic heterocycles. The Morgan fingerprint density at radius 3 is 1.35 bits per heavy atom. The van der Waals surface area contributed by atoms with Gasteiger partial charge in [0.2, 0.25) is 0 Å². The van der Waals surface area contributed by atoms with Gasteiger partial charge in [-0.3, -0.25) is 0 Å². The molecule has 0 aromatic carbocycles. The van der Waals surface area contributed by atoms with Crippen LogP contribution in [0.25, 0.3) is 0 Å². The number of nitrogens with zero attached hydrogens (tertiary/aromatic N) is 2. The Balaban J connectivity index is -0.0000000731. The van der Waals surface area contributed by atoms with Crippen molar-refractivity contribution in [3.05, 3.63) is 0 Å². The molecule has 12 nitrogen and oxygen atoms in total. The third kappa shape index (κ3) is 26.3. The van der Waals surface area contributed by atoms with Gasteiger partial charge in [0.15, 0.2) is 0 Å². The van der Waals surface area contributed by atoms with Gasteiger partial charge in [0.1, 0.15) is 0 Å². The van der Waals surface area contributed by atoms with Crippen LogP contribution < -0.4 is 20.8 Å². The SMILES string of the molecule is O.O.O.O.O.O.[Ni+2].[O-]C1=NCCNCCCNCCN=C([O-])C1. The van der Waals surface area contributed by atoms with Gasteiger partial charge in [-0.2, -0.15) is 0 Å². The molecule has 1 heterocycles. The van der Waals surface area contributed by atoms with E-state index in [4.69, 9.17) is 0 Å². The fourth-order valence-electron chi connectivity index (χ4n) is 1.35. The van der Waals surface area contributed by atoms with Crippen LogP contribution in [0.3, 0.4) is 0 Å². The molecule has 0 unspecified atom stereocenters. The summed E-state index contributed by atoms with van der Waals surface area (Å²) in [6.45, 7) is 4.03. The first-order valence-electron chi connectivity index (χ1n) is 5.61. The van der Waals surface area contributed by atoms with Crippen molar-refractivity contribution in [3.63, 3.8) is 0 Å². The Bertz CT molecular complexity index is 247. The van der Waals surface area contributed by atoms with Crippen molar-refractivity contribution in [1.82, 2.24) is 10.6 Å². The van der Waals surface area contributed by atoms with Gasteiger partial charge >= 0.3 is 16.5 Å². The third-order valence-corrected chi connectivity index (χ3v) is 2.16. The number of nitrogens with one attached hydrogen (secondary N) is 2. The summed E-state index contributed by atoms with van der Waals surface area (Å²) >= 11 is 0. The minimum atomic E-state index is -0.374. The first-order valence-corrected chi connectivity index (χ1v) is 5.61. The van der Waals surface area contributed by atoms with Crippen molar-refractivity contribution < 1.29 is 59.6 Å². The molecule has 1 aliphatic rings. The zero-order chi connectivity index (χ0) is 11.6. The van der Waals surface area contributed by atoms with Crippen LogP contribution in [0.4, 0.5) is 0 Å². The van der Waals surface area contributed by atoms with Crippen LogP contribution in [0.5, 0.6) is 0 Å². The van der Waals surface area contributed by atoms with E-state index < -0.39 is 0 Å². The molecule has 0 radical (unpaired) electrons. The summed E-state index contributed by atoms with van der Waals surface area (Å²) in [4.78, 5) is 7.53. The van der Waals surface area contributed by atoms with Gasteiger partial charge in [0.05, 0.1) is 13.1 Å². The predicted molar refractivity (Wildman–Crippen MR) is 81.3 cm³/mol. The van der Waals surface area contributed by atoms with Crippen LogP contribution in [0.15, 0.2) is 9.98 Å². The van der Waals surface area contributed by atoms with E-state index in [9.17, 15) is 10.2 Å². The topological polar surface area (TPSA) is 284 Å². The molecule has 0 aliphatic carbocycles. The van der Waals surface area contributed by atoms with E-state index in [0.717, 1.165) is 19.5 Å². The number of hydrogen-bond donors (Lipinski definition) is 2. The van der Waals surface area contributed by atoms with Crippen molar-refractivity contribution in [2.45, 2.75) is 12.8 Å². The average molecular weight is 393 g/mol. The Morgan fingerprint density at radius 2 is 1.00 bits per heavy atom. The van der Waals surface area contributed by atoms with Gasteiger partial charge in [0, 0.05) is 19.5 Å². The van der Waals surface area contributed by atoms with E-state index in [0.29, 0.717) is 26.2 Å². The van der Waals surface area contributed by atoms with Crippen LogP contribution in [-0.4, -0.2) is 83.9 Å². The van der Waals surface area contributed by atoms with Gasteiger partial charge in [-0.25, -0.2) is 0 Å². The van der Waals surface area contributed by atoms with Crippen LogP contribution in [-0.2, 0) is 16.5 Å². The molecule has 1 aliphatic heterocycles. The first kappa shape index (κ1) is 43.2. The summed E-state index contributed by atoms with van der Waals surface area (Å²) in [7, 11) is 0. The Labute approximate surface area is 144 Å². The summed E-state index contributed by atoms with van der Waals surface area (Å²) in [5.41, 5.74) is 0. The van der Waals surface area contributed by atoms with E-state index in [-0.39, 0.29) is 67.6 Å². The average Bonchev–Trinajstić information content (AvgIpc) is 2.25. The van der Waals surface area contributed by atoms with Crippen LogP contribution in [0.1, 0.15) is 12.8 Å². The maximum Gasteiger partial charge on any atom is 2.00 e. The Kier molecular flexibility index (Phi) is 54.7. The first-order chi connectivity index (χ1) is 7.79. The quantitative estimate of drug-likeness (QED) is 0.379. The molecule has 14 N–H and O–H groups in total. The smallest absolute Gasteiger partial charge is 0.862 e. The summed E-state index contributed by atoms with van der Waals surface area (Å²) in [6, 6.07) is 0. The summed E-state index contributed by atoms with van der Waals surface area (Å²) in [5, 5.41) is 28.7. The minimum Gasteiger partial charge on any atom is -0.862 e. The van der Waals surface area contributed by atoms with Crippen molar-refractivity contribution >= 4 is 11.8 Å². The monoisotopic (exact) mass is 392 g/mol. The van der Waals surface area contributed by atoms with Crippen LogP contribution >= 0.6 is 0 Å². The second kappa shape index (κ2) is 29.2. The second-order valence-corrected chi connectivity index (χ2v) is 3.58. The molecule has 0 atom stereocenters. The van der Waals surface area contributed by atoms with Crippen LogP contribution in [0.2, 0.25) is 0 Å². The zero-order valence-corrected chi connectivity index (χ0v) is 13.7. The van der Waals surface area contributed by atoms with E-state index in [1.165, 1.54) is 0 Å². The molecule has 0 aromatic rings. The van der Waals surface area contributed by atoms with Gasteiger partial charge in [-0.15, -0.1) is 0 Å². The molecule has 0 saturated heterocycles. The van der Waals surface area contributed by atoms with Gasteiger partial charge in [-0.1, -0.05) is 0 Å². The predicted octanol–water partition coefficient (Wildman–Crippen LogP) is -7.47. The Hall–Kier alpha value is -0.886. The summed E-state index contributed by atoms with van der Waals surface area (Å²) < 4.78 is 0. The van der Waals surface area contributed by atoms with E-state index in [1.54, 1.807) is 0 Å². The molecule has 0 bridgehead atoms. The molecule has 1 rings (SSSR count). The van der Waals surface area contributed by atoms with Gasteiger partial charge in [-0.05, 0) is 31.3 Å². The molecule has 0 amide bonds. The van der Waals surface area contributed by atoms with Crippen molar-refractivity contribution in [2.24, 2.45) is 9.98 Å². The Morgan fingerprint density at radius 1 is 0.652 bits per heavy atom. The molecule has 0 spiro atoms. The third-order valence-electron chi connectivity index (χ3n) is 2.16. The van der Waals surface area contributed by atoms with Crippen LogP contribution in [0, 0.1) is 0 Å². The fourth-order valence-corrected chi connectivity index (χ4v) is 1.35. The van der Waals surface area contributed by atoms with Gasteiger partial charge < -0.3 is 63.7 Å². The second-order valence-electron chi connectivity index (χ2n) is 3.58. The van der Waals surface area contributed by atoms with Crippen molar-refractivity contribution in [2.75, 3.05) is 39.3 Å². The zero-order valence-electron chi connectivity index (χ0n) is 12.7. The molecular weight excluding hydrogens is 363 g/mol. The molecule has 148 valence electrons. The van der Waals surface area contributed by atoms with Gasteiger partial charge in [0.25, 0.3) is 0 Å². The molecular formula is C10H30N4NiO8. The maximum absolute atomic E-state index is 11.2. The number of hydrogen-bond acceptors (Lipinski definition) is 6. The van der Waals surface area contributed by atoms with Crippen molar-refractivity contribution in [1.29, 1.82) is 0 Å². The van der Waals surface area contributed by atoms with E-state index >= 15 is 0 Å². The molecule has 0 fully saturated rings. The summed E-state index contributed by atoms with van der Waals surface area (Å²) in [6.07, 6.45) is 0.821. The van der Waals surface area contributed by atoms with E-state index in [1.807, 2.05) is 0 Å². The normalized spacial score (nSPS) is 15.1. The largest absolute Gasteiger partial charge is 2.00 e. The van der Waals surface area contributed by atoms with Crippen molar-refractivity contribution in [3.8, 4) is 0 Å². The number of aliphatic imine (C=N–C) groups is 2. The molecule has 0 saturated carbocycles.